The van der Waals surface area contributed by atoms with E-state index in [-0.39, 0.29) is 6.10 Å². The van der Waals surface area contributed by atoms with Crippen LogP contribution in [0.1, 0.15) is 18.4 Å². The van der Waals surface area contributed by atoms with Gasteiger partial charge in [-0.1, -0.05) is 30.3 Å². The molecule has 4 aromatic rings. The van der Waals surface area contributed by atoms with Gasteiger partial charge in [-0.25, -0.2) is 9.78 Å². The van der Waals surface area contributed by atoms with Crippen LogP contribution in [0.3, 0.4) is 0 Å². The van der Waals surface area contributed by atoms with Gasteiger partial charge in [0.15, 0.2) is 5.65 Å². The first kappa shape index (κ1) is 20.8. The number of rotatable bonds is 6. The Hall–Kier alpha value is -4.07. The van der Waals surface area contributed by atoms with Crippen molar-refractivity contribution in [1.82, 2.24) is 19.9 Å². The van der Waals surface area contributed by atoms with E-state index >= 15 is 0 Å². The fourth-order valence-electron chi connectivity index (χ4n) is 3.86. The third-order valence-corrected chi connectivity index (χ3v) is 5.70. The summed E-state index contributed by atoms with van der Waals surface area (Å²) in [5, 5.41) is 9.07. The first-order chi connectivity index (χ1) is 16.1. The van der Waals surface area contributed by atoms with Gasteiger partial charge < -0.3 is 24.5 Å². The third-order valence-electron chi connectivity index (χ3n) is 5.70. The number of fused-ring (bicyclic) bond motifs is 1. The van der Waals surface area contributed by atoms with E-state index in [1.165, 1.54) is 4.90 Å². The van der Waals surface area contributed by atoms with E-state index in [0.29, 0.717) is 44.1 Å². The molecule has 2 N–H and O–H groups in total. The molecular formula is C25H24N4O4. The average Bonchev–Trinajstić information content (AvgIpc) is 3.27. The number of pyridine rings is 1. The van der Waals surface area contributed by atoms with Gasteiger partial charge in [-0.3, -0.25) is 0 Å². The Bertz CT molecular complexity index is 1230. The molecule has 1 saturated heterocycles. The van der Waals surface area contributed by atoms with Gasteiger partial charge in [-0.15, -0.1) is 0 Å². The lowest BCUT2D eigenvalue weighted by atomic mass is 10.1. The van der Waals surface area contributed by atoms with Crippen LogP contribution >= 0.6 is 0 Å². The number of likely N-dealkylation sites (tertiary alicyclic amines) is 1. The molecule has 1 aliphatic rings. The van der Waals surface area contributed by atoms with Crippen LogP contribution in [-0.4, -0.2) is 50.2 Å². The zero-order valence-corrected chi connectivity index (χ0v) is 18.0. The number of carbonyl (C=O) groups is 1. The minimum Gasteiger partial charge on any atom is -0.489 e. The van der Waals surface area contributed by atoms with Gasteiger partial charge in [-0.2, -0.15) is 4.98 Å². The molecule has 5 rings (SSSR count). The summed E-state index contributed by atoms with van der Waals surface area (Å²) in [5.74, 6) is 2.01. The summed E-state index contributed by atoms with van der Waals surface area (Å²) in [6, 6.07) is 21.5. The highest BCUT2D eigenvalue weighted by Gasteiger charge is 2.23. The summed E-state index contributed by atoms with van der Waals surface area (Å²) in [6.07, 6.45) is 0.368. The molecule has 0 spiro atoms. The second-order valence-corrected chi connectivity index (χ2v) is 7.99. The highest BCUT2D eigenvalue weighted by atomic mass is 16.5. The number of aromatic nitrogens is 3. The molecule has 0 saturated carbocycles. The zero-order chi connectivity index (χ0) is 22.6. The van der Waals surface area contributed by atoms with Crippen molar-refractivity contribution in [2.75, 3.05) is 13.1 Å². The van der Waals surface area contributed by atoms with Crippen molar-refractivity contribution >= 4 is 17.3 Å². The minimum absolute atomic E-state index is 0.0487. The lowest BCUT2D eigenvalue weighted by Crippen LogP contribution is -2.41. The number of amides is 1. The van der Waals surface area contributed by atoms with E-state index < -0.39 is 6.09 Å². The molecular weight excluding hydrogens is 420 g/mol. The van der Waals surface area contributed by atoms with Crippen molar-refractivity contribution < 1.29 is 19.4 Å². The Balaban J connectivity index is 1.23. The number of carboxylic acid groups (broad SMARTS) is 1. The standard InChI is InChI=1S/C25H24N4O4/c30-25(31)29-14-12-20(13-15-29)33-22-11-10-21-24(27-22)28-23(26-21)18-6-8-19(9-7-18)32-16-17-4-2-1-3-5-17/h1-11,20H,12-16H2,(H,30,31)(H,26,27,28). The molecule has 1 aliphatic heterocycles. The highest BCUT2D eigenvalue weighted by Crippen LogP contribution is 2.25. The fraction of sp³-hybridized carbons (Fsp3) is 0.240. The van der Waals surface area contributed by atoms with Crippen molar-refractivity contribution in [3.63, 3.8) is 0 Å². The summed E-state index contributed by atoms with van der Waals surface area (Å²) in [4.78, 5) is 24.9. The Morgan fingerprint density at radius 1 is 1.00 bits per heavy atom. The number of hydrogen-bond acceptors (Lipinski definition) is 5. The molecule has 0 unspecified atom stereocenters. The van der Waals surface area contributed by atoms with Crippen molar-refractivity contribution in [1.29, 1.82) is 0 Å². The first-order valence-electron chi connectivity index (χ1n) is 10.9. The predicted octanol–water partition coefficient (Wildman–Crippen LogP) is 4.73. The van der Waals surface area contributed by atoms with Gasteiger partial charge in [0.05, 0.1) is 5.52 Å². The first-order valence-corrected chi connectivity index (χ1v) is 10.9. The number of benzene rings is 2. The number of ether oxygens (including phenoxy) is 2. The van der Waals surface area contributed by atoms with E-state index in [1.54, 1.807) is 0 Å². The van der Waals surface area contributed by atoms with Crippen molar-refractivity contribution in [2.24, 2.45) is 0 Å². The number of aromatic amines is 1. The molecule has 0 aliphatic carbocycles. The molecule has 1 amide bonds. The highest BCUT2D eigenvalue weighted by molar-refractivity contribution is 5.76. The smallest absolute Gasteiger partial charge is 0.407 e. The summed E-state index contributed by atoms with van der Waals surface area (Å²) < 4.78 is 11.8. The van der Waals surface area contributed by atoms with Crippen LogP contribution in [0.25, 0.3) is 22.6 Å². The number of nitrogens with zero attached hydrogens (tertiary/aromatic N) is 3. The van der Waals surface area contributed by atoms with Crippen LogP contribution in [0, 0.1) is 0 Å². The maximum absolute atomic E-state index is 11.0. The van der Waals surface area contributed by atoms with Gasteiger partial charge in [0.1, 0.15) is 24.3 Å². The molecule has 8 nitrogen and oxygen atoms in total. The molecule has 0 bridgehead atoms. The van der Waals surface area contributed by atoms with E-state index in [0.717, 1.165) is 28.2 Å². The van der Waals surface area contributed by atoms with Crippen LogP contribution in [0.5, 0.6) is 11.6 Å². The van der Waals surface area contributed by atoms with Gasteiger partial charge in [0, 0.05) is 37.6 Å². The minimum atomic E-state index is -0.882. The maximum Gasteiger partial charge on any atom is 0.407 e. The number of H-pyrrole nitrogens is 1. The second-order valence-electron chi connectivity index (χ2n) is 7.99. The molecule has 8 heteroatoms. The summed E-state index contributed by atoms with van der Waals surface area (Å²) in [7, 11) is 0. The van der Waals surface area contributed by atoms with Gasteiger partial charge >= 0.3 is 6.09 Å². The Kier molecular flexibility index (Phi) is 5.80. The number of hydrogen-bond donors (Lipinski definition) is 2. The van der Waals surface area contributed by atoms with E-state index in [9.17, 15) is 4.79 Å². The number of piperidine rings is 1. The lowest BCUT2D eigenvalue weighted by Gasteiger charge is -2.29. The molecule has 0 atom stereocenters. The molecule has 2 aromatic carbocycles. The van der Waals surface area contributed by atoms with Crippen molar-refractivity contribution in [3.05, 3.63) is 72.3 Å². The number of imidazole rings is 1. The monoisotopic (exact) mass is 444 g/mol. The maximum atomic E-state index is 11.0. The summed E-state index contributed by atoms with van der Waals surface area (Å²) in [6.45, 7) is 1.46. The van der Waals surface area contributed by atoms with Crippen molar-refractivity contribution in [3.8, 4) is 23.0 Å². The topological polar surface area (TPSA) is 101 Å². The quantitative estimate of drug-likeness (QED) is 0.446. The zero-order valence-electron chi connectivity index (χ0n) is 18.0. The van der Waals surface area contributed by atoms with E-state index in [1.807, 2.05) is 66.7 Å². The summed E-state index contributed by atoms with van der Waals surface area (Å²) >= 11 is 0. The number of nitrogens with one attached hydrogen (secondary N) is 1. The van der Waals surface area contributed by atoms with Crippen LogP contribution in [0.2, 0.25) is 0 Å². The van der Waals surface area contributed by atoms with Gasteiger partial charge in [0.2, 0.25) is 5.88 Å². The largest absolute Gasteiger partial charge is 0.489 e. The van der Waals surface area contributed by atoms with Crippen molar-refractivity contribution in [2.45, 2.75) is 25.6 Å². The molecule has 168 valence electrons. The molecule has 1 fully saturated rings. The Labute approximate surface area is 190 Å². The summed E-state index contributed by atoms with van der Waals surface area (Å²) in [5.41, 5.74) is 3.45. The molecule has 33 heavy (non-hydrogen) atoms. The molecule has 3 heterocycles. The van der Waals surface area contributed by atoms with Crippen LogP contribution in [0.15, 0.2) is 66.7 Å². The van der Waals surface area contributed by atoms with E-state index in [2.05, 4.69) is 15.0 Å². The fourth-order valence-corrected chi connectivity index (χ4v) is 3.86. The normalized spacial score (nSPS) is 14.4. The van der Waals surface area contributed by atoms with Gasteiger partial charge in [-0.05, 0) is 35.9 Å². The lowest BCUT2D eigenvalue weighted by molar-refractivity contribution is 0.0873. The molecule has 0 radical (unpaired) electrons. The third kappa shape index (κ3) is 4.90. The molecule has 2 aromatic heterocycles. The second kappa shape index (κ2) is 9.20. The van der Waals surface area contributed by atoms with E-state index in [4.69, 9.17) is 14.6 Å². The van der Waals surface area contributed by atoms with Gasteiger partial charge in [0.25, 0.3) is 0 Å². The predicted molar refractivity (Wildman–Crippen MR) is 123 cm³/mol. The Morgan fingerprint density at radius 2 is 1.76 bits per heavy atom. The SMILES string of the molecule is O=C(O)N1CCC(Oc2ccc3[nH]c(-c4ccc(OCc5ccccc5)cc4)nc3n2)CC1. The average molecular weight is 444 g/mol. The Morgan fingerprint density at radius 3 is 2.48 bits per heavy atom. The van der Waals surface area contributed by atoms with Crippen LogP contribution in [-0.2, 0) is 6.61 Å². The van der Waals surface area contributed by atoms with Crippen LogP contribution < -0.4 is 9.47 Å². The van der Waals surface area contributed by atoms with Crippen LogP contribution in [0.4, 0.5) is 4.79 Å².